The summed E-state index contributed by atoms with van der Waals surface area (Å²) in [6.07, 6.45) is 0.199. The summed E-state index contributed by atoms with van der Waals surface area (Å²) in [5, 5.41) is 11.9. The maximum absolute atomic E-state index is 12.1. The highest BCUT2D eigenvalue weighted by Crippen LogP contribution is 2.37. The molecule has 0 spiro atoms. The van der Waals surface area contributed by atoms with Gasteiger partial charge in [-0.05, 0) is 52.2 Å². The number of para-hydroxylation sites is 1. The third-order valence-electron chi connectivity index (χ3n) is 5.18. The molecule has 124 valence electrons. The number of aryl methyl sites for hydroxylation is 2. The van der Waals surface area contributed by atoms with Crippen LogP contribution in [0, 0.1) is 13.8 Å². The van der Waals surface area contributed by atoms with Gasteiger partial charge in [-0.2, -0.15) is 0 Å². The van der Waals surface area contributed by atoms with Gasteiger partial charge in [-0.3, -0.25) is 4.90 Å². The molecular weight excluding hydrogens is 292 g/mol. The molecule has 1 aromatic heterocycles. The lowest BCUT2D eigenvalue weighted by atomic mass is 9.95. The number of aliphatic hydroxyl groups is 1. The monoisotopic (exact) mass is 316 g/mol. The zero-order valence-corrected chi connectivity index (χ0v) is 14.4. The van der Waals surface area contributed by atoms with Crippen molar-refractivity contribution >= 4 is 17.0 Å². The van der Waals surface area contributed by atoms with Crippen LogP contribution in [0.5, 0.6) is 0 Å². The van der Waals surface area contributed by atoms with Crippen LogP contribution in [-0.4, -0.2) is 39.0 Å². The second-order valence-electron chi connectivity index (χ2n) is 7.03. The Hall–Kier alpha value is -2.01. The number of fused-ring (bicyclic) bond motifs is 1. The second-order valence-corrected chi connectivity index (χ2v) is 7.03. The molecule has 5 nitrogen and oxygen atoms in total. The van der Waals surface area contributed by atoms with E-state index in [9.17, 15) is 9.90 Å². The van der Waals surface area contributed by atoms with Gasteiger partial charge in [0.15, 0.2) is 11.3 Å². The minimum absolute atomic E-state index is 0.414. The number of hydrogen-bond donors (Lipinski definition) is 2. The SMILES string of the molecule is Cc1[nH]c2c(C)cccc2c1CCN1C(=O)OC(C)(C)[C@@]1(C)O. The first-order valence-corrected chi connectivity index (χ1v) is 7.95. The lowest BCUT2D eigenvalue weighted by Crippen LogP contribution is -2.54. The van der Waals surface area contributed by atoms with Gasteiger partial charge in [0.05, 0.1) is 0 Å². The molecule has 1 fully saturated rings. The molecular formula is C18H24N2O3. The molecule has 1 aromatic carbocycles. The van der Waals surface area contributed by atoms with Crippen molar-refractivity contribution in [2.75, 3.05) is 6.54 Å². The maximum atomic E-state index is 12.1. The summed E-state index contributed by atoms with van der Waals surface area (Å²) in [5.41, 5.74) is 2.37. The van der Waals surface area contributed by atoms with Crippen LogP contribution in [0.4, 0.5) is 4.79 Å². The zero-order chi connectivity index (χ0) is 17.0. The largest absolute Gasteiger partial charge is 0.438 e. The third-order valence-corrected chi connectivity index (χ3v) is 5.18. The molecule has 3 rings (SSSR count). The van der Waals surface area contributed by atoms with Crippen LogP contribution in [0.15, 0.2) is 18.2 Å². The smallest absolute Gasteiger partial charge is 0.412 e. The summed E-state index contributed by atoms with van der Waals surface area (Å²) in [4.78, 5) is 16.9. The van der Waals surface area contributed by atoms with E-state index >= 15 is 0 Å². The van der Waals surface area contributed by atoms with Crippen molar-refractivity contribution in [2.45, 2.75) is 52.4 Å². The van der Waals surface area contributed by atoms with Crippen LogP contribution >= 0.6 is 0 Å². The normalized spacial score (nSPS) is 23.6. The lowest BCUT2D eigenvalue weighted by Gasteiger charge is -2.34. The summed E-state index contributed by atoms with van der Waals surface area (Å²) in [7, 11) is 0. The van der Waals surface area contributed by atoms with Crippen molar-refractivity contribution in [3.05, 3.63) is 35.0 Å². The molecule has 0 unspecified atom stereocenters. The number of cyclic esters (lactones) is 1. The fourth-order valence-corrected chi connectivity index (χ4v) is 3.28. The van der Waals surface area contributed by atoms with E-state index < -0.39 is 17.4 Å². The topological polar surface area (TPSA) is 65.6 Å². The molecule has 5 heteroatoms. The van der Waals surface area contributed by atoms with Crippen molar-refractivity contribution in [3.63, 3.8) is 0 Å². The average molecular weight is 316 g/mol. The van der Waals surface area contributed by atoms with E-state index in [0.29, 0.717) is 13.0 Å². The molecule has 0 aliphatic carbocycles. The number of nitrogens with zero attached hydrogens (tertiary/aromatic N) is 1. The minimum Gasteiger partial charge on any atom is -0.438 e. The molecule has 2 aromatic rings. The number of carbonyl (C=O) groups excluding carboxylic acids is 1. The van der Waals surface area contributed by atoms with Crippen molar-refractivity contribution in [1.29, 1.82) is 0 Å². The number of aromatic nitrogens is 1. The molecule has 2 heterocycles. The number of benzene rings is 1. The summed E-state index contributed by atoms with van der Waals surface area (Å²) >= 11 is 0. The van der Waals surface area contributed by atoms with E-state index in [1.165, 1.54) is 21.4 Å². The Morgan fingerprint density at radius 1 is 1.26 bits per heavy atom. The molecule has 1 aliphatic rings. The van der Waals surface area contributed by atoms with Crippen LogP contribution in [0.1, 0.15) is 37.6 Å². The predicted molar refractivity (Wildman–Crippen MR) is 89.4 cm³/mol. The molecule has 23 heavy (non-hydrogen) atoms. The Labute approximate surface area is 136 Å². The third kappa shape index (κ3) is 2.30. The molecule has 0 saturated carbocycles. The van der Waals surface area contributed by atoms with Crippen LogP contribution in [-0.2, 0) is 11.2 Å². The van der Waals surface area contributed by atoms with Gasteiger partial charge in [0.25, 0.3) is 0 Å². The Balaban J connectivity index is 1.89. The van der Waals surface area contributed by atoms with E-state index in [-0.39, 0.29) is 0 Å². The first-order valence-electron chi connectivity index (χ1n) is 7.95. The van der Waals surface area contributed by atoms with Crippen molar-refractivity contribution < 1.29 is 14.6 Å². The Kier molecular flexibility index (Phi) is 3.45. The predicted octanol–water partition coefficient (Wildman–Crippen LogP) is 3.27. The fraction of sp³-hybridized carbons (Fsp3) is 0.500. The van der Waals surface area contributed by atoms with Crippen LogP contribution in [0.3, 0.4) is 0 Å². The van der Waals surface area contributed by atoms with Gasteiger partial charge in [0, 0.05) is 23.1 Å². The summed E-state index contributed by atoms with van der Waals surface area (Å²) in [6, 6.07) is 6.20. The fourth-order valence-electron chi connectivity index (χ4n) is 3.28. The second kappa shape index (κ2) is 4.99. The highest BCUT2D eigenvalue weighted by molar-refractivity contribution is 5.87. The van der Waals surface area contributed by atoms with Crippen molar-refractivity contribution in [1.82, 2.24) is 9.88 Å². The van der Waals surface area contributed by atoms with Gasteiger partial charge in [-0.15, -0.1) is 0 Å². The number of H-pyrrole nitrogens is 1. The van der Waals surface area contributed by atoms with Crippen LogP contribution in [0.25, 0.3) is 10.9 Å². The number of carbonyl (C=O) groups is 1. The Morgan fingerprint density at radius 3 is 2.57 bits per heavy atom. The number of aromatic amines is 1. The standard InChI is InChI=1S/C18H24N2O3/c1-11-7-6-8-14-13(12(2)19-15(11)14)9-10-20-16(21)23-17(3,4)18(20,5)22/h6-8,19,22H,9-10H2,1-5H3/t18-/m1/s1. The molecule has 1 saturated heterocycles. The minimum atomic E-state index is -1.32. The van der Waals surface area contributed by atoms with Crippen LogP contribution < -0.4 is 0 Å². The van der Waals surface area contributed by atoms with E-state index in [4.69, 9.17) is 4.74 Å². The number of rotatable bonds is 3. The zero-order valence-electron chi connectivity index (χ0n) is 14.4. The number of ether oxygens (including phenoxy) is 1. The van der Waals surface area contributed by atoms with Gasteiger partial charge in [-0.25, -0.2) is 4.79 Å². The van der Waals surface area contributed by atoms with E-state index in [2.05, 4.69) is 24.0 Å². The summed E-state index contributed by atoms with van der Waals surface area (Å²) < 4.78 is 5.31. The summed E-state index contributed by atoms with van der Waals surface area (Å²) in [5.74, 6) is 0. The molecule has 0 bridgehead atoms. The first kappa shape index (κ1) is 15.9. The van der Waals surface area contributed by atoms with E-state index in [1.807, 2.05) is 13.0 Å². The first-order chi connectivity index (χ1) is 10.6. The van der Waals surface area contributed by atoms with Gasteiger partial charge >= 0.3 is 6.09 Å². The van der Waals surface area contributed by atoms with Crippen LogP contribution in [0.2, 0.25) is 0 Å². The average Bonchev–Trinajstić information content (AvgIpc) is 2.82. The van der Waals surface area contributed by atoms with Gasteiger partial charge < -0.3 is 14.8 Å². The molecule has 0 radical (unpaired) electrons. The highest BCUT2D eigenvalue weighted by atomic mass is 16.6. The lowest BCUT2D eigenvalue weighted by molar-refractivity contribution is -0.126. The number of nitrogens with one attached hydrogen (secondary N) is 1. The highest BCUT2D eigenvalue weighted by Gasteiger charge is 2.56. The van der Waals surface area contributed by atoms with E-state index in [0.717, 1.165) is 11.2 Å². The van der Waals surface area contributed by atoms with Gasteiger partial charge in [-0.1, -0.05) is 18.2 Å². The van der Waals surface area contributed by atoms with E-state index in [1.54, 1.807) is 20.8 Å². The van der Waals surface area contributed by atoms with Gasteiger partial charge in [0.1, 0.15) is 0 Å². The van der Waals surface area contributed by atoms with Crippen molar-refractivity contribution in [3.8, 4) is 0 Å². The quantitative estimate of drug-likeness (QED) is 0.913. The Morgan fingerprint density at radius 2 is 1.96 bits per heavy atom. The molecule has 1 amide bonds. The molecule has 1 atom stereocenters. The van der Waals surface area contributed by atoms with Crippen molar-refractivity contribution in [2.24, 2.45) is 0 Å². The maximum Gasteiger partial charge on any atom is 0.412 e. The van der Waals surface area contributed by atoms with Gasteiger partial charge in [0.2, 0.25) is 0 Å². The number of hydrogen-bond acceptors (Lipinski definition) is 3. The molecule has 1 aliphatic heterocycles. The number of amides is 1. The summed E-state index contributed by atoms with van der Waals surface area (Å²) in [6.45, 7) is 9.61. The Bertz CT molecular complexity index is 774. The molecule has 2 N–H and O–H groups in total.